The smallest absolute Gasteiger partial charge is 0.407 e. The van der Waals surface area contributed by atoms with Gasteiger partial charge in [0.25, 0.3) is 0 Å². The SMILES string of the molecule is COCCn1nnc(-c2ccc(CCNC(=O)OCc3ccccc3)cc2)n1. The molecule has 1 amide bonds. The molecule has 1 heterocycles. The molecule has 0 aliphatic carbocycles. The Balaban J connectivity index is 1.41. The molecule has 8 heteroatoms. The number of nitrogens with one attached hydrogen (secondary N) is 1. The molecule has 146 valence electrons. The second-order valence-electron chi connectivity index (χ2n) is 6.14. The van der Waals surface area contributed by atoms with Crippen molar-refractivity contribution in [1.29, 1.82) is 0 Å². The maximum Gasteiger partial charge on any atom is 0.407 e. The Bertz CT molecular complexity index is 865. The molecule has 0 saturated carbocycles. The highest BCUT2D eigenvalue weighted by Gasteiger charge is 2.06. The number of carbonyl (C=O) groups is 1. The Kier molecular flexibility index (Phi) is 7.08. The van der Waals surface area contributed by atoms with Crippen molar-refractivity contribution < 1.29 is 14.3 Å². The average Bonchev–Trinajstić information content (AvgIpc) is 3.21. The van der Waals surface area contributed by atoms with Gasteiger partial charge in [0, 0.05) is 19.2 Å². The van der Waals surface area contributed by atoms with Gasteiger partial charge in [-0.1, -0.05) is 54.6 Å². The number of ether oxygens (including phenoxy) is 2. The van der Waals surface area contributed by atoms with Crippen LogP contribution in [0.3, 0.4) is 0 Å². The molecule has 0 atom stereocenters. The molecular weight excluding hydrogens is 358 g/mol. The van der Waals surface area contributed by atoms with Crippen LogP contribution in [-0.4, -0.2) is 46.6 Å². The number of benzene rings is 2. The fourth-order valence-electron chi connectivity index (χ4n) is 2.53. The van der Waals surface area contributed by atoms with Crippen molar-refractivity contribution in [2.45, 2.75) is 19.6 Å². The minimum absolute atomic E-state index is 0.263. The molecule has 0 aliphatic rings. The first-order valence-corrected chi connectivity index (χ1v) is 9.05. The van der Waals surface area contributed by atoms with Gasteiger partial charge in [-0.3, -0.25) is 0 Å². The van der Waals surface area contributed by atoms with Gasteiger partial charge in [0.15, 0.2) is 0 Å². The zero-order valence-corrected chi connectivity index (χ0v) is 15.7. The topological polar surface area (TPSA) is 91.2 Å². The zero-order chi connectivity index (χ0) is 19.6. The molecule has 0 aliphatic heterocycles. The Hall–Kier alpha value is -3.26. The molecule has 0 spiro atoms. The van der Waals surface area contributed by atoms with Crippen LogP contribution in [0.15, 0.2) is 54.6 Å². The van der Waals surface area contributed by atoms with Crippen LogP contribution in [0.4, 0.5) is 4.79 Å². The lowest BCUT2D eigenvalue weighted by Gasteiger charge is -2.07. The van der Waals surface area contributed by atoms with E-state index in [4.69, 9.17) is 9.47 Å². The van der Waals surface area contributed by atoms with E-state index in [-0.39, 0.29) is 6.61 Å². The van der Waals surface area contributed by atoms with Gasteiger partial charge in [-0.05, 0) is 22.8 Å². The summed E-state index contributed by atoms with van der Waals surface area (Å²) < 4.78 is 10.2. The number of tetrazole rings is 1. The lowest BCUT2D eigenvalue weighted by atomic mass is 10.1. The quantitative estimate of drug-likeness (QED) is 0.612. The van der Waals surface area contributed by atoms with Crippen LogP contribution in [0.2, 0.25) is 0 Å². The molecule has 8 nitrogen and oxygen atoms in total. The van der Waals surface area contributed by atoms with E-state index >= 15 is 0 Å². The van der Waals surface area contributed by atoms with Crippen LogP contribution < -0.4 is 5.32 Å². The molecule has 3 aromatic rings. The van der Waals surface area contributed by atoms with E-state index < -0.39 is 6.09 Å². The normalized spacial score (nSPS) is 10.6. The van der Waals surface area contributed by atoms with Crippen LogP contribution in [-0.2, 0) is 29.0 Å². The third kappa shape index (κ3) is 5.88. The fraction of sp³-hybridized carbons (Fsp3) is 0.300. The first-order chi connectivity index (χ1) is 13.7. The predicted octanol–water partition coefficient (Wildman–Crippen LogP) is 2.46. The first kappa shape index (κ1) is 19.5. The zero-order valence-electron chi connectivity index (χ0n) is 15.7. The number of methoxy groups -OCH3 is 1. The number of hydrogen-bond donors (Lipinski definition) is 1. The second kappa shape index (κ2) is 10.2. The minimum Gasteiger partial charge on any atom is -0.445 e. The summed E-state index contributed by atoms with van der Waals surface area (Å²) in [5.41, 5.74) is 2.95. The molecule has 0 radical (unpaired) electrons. The van der Waals surface area contributed by atoms with Gasteiger partial charge in [-0.25, -0.2) is 4.79 Å². The minimum atomic E-state index is -0.419. The Labute approximate surface area is 163 Å². The number of hydrogen-bond acceptors (Lipinski definition) is 6. The Morgan fingerprint density at radius 3 is 2.61 bits per heavy atom. The van der Waals surface area contributed by atoms with E-state index in [2.05, 4.69) is 20.7 Å². The van der Waals surface area contributed by atoms with Gasteiger partial charge >= 0.3 is 6.09 Å². The van der Waals surface area contributed by atoms with Crippen LogP contribution in [0, 0.1) is 0 Å². The predicted molar refractivity (Wildman–Crippen MR) is 103 cm³/mol. The van der Waals surface area contributed by atoms with Crippen LogP contribution in [0.1, 0.15) is 11.1 Å². The molecule has 2 aromatic carbocycles. The second-order valence-corrected chi connectivity index (χ2v) is 6.14. The number of nitrogens with zero attached hydrogens (tertiary/aromatic N) is 4. The van der Waals surface area contributed by atoms with E-state index in [0.29, 0.717) is 31.9 Å². The van der Waals surface area contributed by atoms with Gasteiger partial charge in [-0.2, -0.15) is 4.80 Å². The summed E-state index contributed by atoms with van der Waals surface area (Å²) in [6.45, 7) is 1.86. The first-order valence-electron chi connectivity index (χ1n) is 9.05. The van der Waals surface area contributed by atoms with Gasteiger partial charge in [0.05, 0.1) is 13.2 Å². The third-order valence-electron chi connectivity index (χ3n) is 4.06. The van der Waals surface area contributed by atoms with Crippen molar-refractivity contribution in [3.05, 3.63) is 65.7 Å². The summed E-state index contributed by atoms with van der Waals surface area (Å²) >= 11 is 0. The average molecular weight is 381 g/mol. The van der Waals surface area contributed by atoms with E-state index in [1.54, 1.807) is 7.11 Å². The molecule has 0 bridgehead atoms. The summed E-state index contributed by atoms with van der Waals surface area (Å²) in [5, 5.41) is 15.1. The summed E-state index contributed by atoms with van der Waals surface area (Å²) in [7, 11) is 1.63. The van der Waals surface area contributed by atoms with Gasteiger partial charge in [0.1, 0.15) is 6.61 Å². The van der Waals surface area contributed by atoms with Crippen molar-refractivity contribution in [2.24, 2.45) is 0 Å². The number of aromatic nitrogens is 4. The number of rotatable bonds is 9. The summed E-state index contributed by atoms with van der Waals surface area (Å²) in [6, 6.07) is 17.5. The molecule has 1 aromatic heterocycles. The maximum atomic E-state index is 11.8. The highest BCUT2D eigenvalue weighted by atomic mass is 16.5. The maximum absolute atomic E-state index is 11.8. The highest BCUT2D eigenvalue weighted by molar-refractivity contribution is 5.67. The highest BCUT2D eigenvalue weighted by Crippen LogP contribution is 2.14. The van der Waals surface area contributed by atoms with Crippen LogP contribution in [0.5, 0.6) is 0 Å². The summed E-state index contributed by atoms with van der Waals surface area (Å²) in [4.78, 5) is 13.3. The third-order valence-corrected chi connectivity index (χ3v) is 4.06. The van der Waals surface area contributed by atoms with Crippen molar-refractivity contribution in [3.8, 4) is 11.4 Å². The molecular formula is C20H23N5O3. The van der Waals surface area contributed by atoms with Crippen LogP contribution in [0.25, 0.3) is 11.4 Å². The van der Waals surface area contributed by atoms with Crippen LogP contribution >= 0.6 is 0 Å². The molecule has 0 saturated heterocycles. The summed E-state index contributed by atoms with van der Waals surface area (Å²) in [6.07, 6.45) is 0.284. The number of amides is 1. The number of alkyl carbamates (subject to hydrolysis) is 1. The van der Waals surface area contributed by atoms with E-state index in [9.17, 15) is 4.79 Å². The lowest BCUT2D eigenvalue weighted by molar-refractivity contribution is 0.140. The summed E-state index contributed by atoms with van der Waals surface area (Å²) in [5.74, 6) is 0.574. The molecule has 28 heavy (non-hydrogen) atoms. The van der Waals surface area contributed by atoms with Crippen molar-refractivity contribution >= 4 is 6.09 Å². The monoisotopic (exact) mass is 381 g/mol. The van der Waals surface area contributed by atoms with Gasteiger partial charge in [-0.15, -0.1) is 10.2 Å². The van der Waals surface area contributed by atoms with E-state index in [1.165, 1.54) is 4.80 Å². The van der Waals surface area contributed by atoms with Crippen molar-refractivity contribution in [3.63, 3.8) is 0 Å². The van der Waals surface area contributed by atoms with Crippen molar-refractivity contribution in [1.82, 2.24) is 25.5 Å². The Morgan fingerprint density at radius 2 is 1.86 bits per heavy atom. The van der Waals surface area contributed by atoms with Gasteiger partial charge in [0.2, 0.25) is 5.82 Å². The fourth-order valence-corrected chi connectivity index (χ4v) is 2.53. The lowest BCUT2D eigenvalue weighted by Crippen LogP contribution is -2.26. The van der Waals surface area contributed by atoms with E-state index in [1.807, 2.05) is 54.6 Å². The van der Waals surface area contributed by atoms with Crippen molar-refractivity contribution in [2.75, 3.05) is 20.3 Å². The molecule has 3 rings (SSSR count). The number of carbonyl (C=O) groups excluding carboxylic acids is 1. The molecule has 0 unspecified atom stereocenters. The Morgan fingerprint density at radius 1 is 1.07 bits per heavy atom. The van der Waals surface area contributed by atoms with Gasteiger partial charge < -0.3 is 14.8 Å². The molecule has 1 N–H and O–H groups in total. The molecule has 0 fully saturated rings. The largest absolute Gasteiger partial charge is 0.445 e. The standard InChI is InChI=1S/C20H23N5O3/c1-27-14-13-25-23-19(22-24-25)18-9-7-16(8-10-18)11-12-21-20(26)28-15-17-5-3-2-4-6-17/h2-10H,11-15H2,1H3,(H,21,26). The van der Waals surface area contributed by atoms with E-state index in [0.717, 1.165) is 16.7 Å².